The van der Waals surface area contributed by atoms with Crippen molar-refractivity contribution in [2.45, 2.75) is 6.18 Å². The number of rotatable bonds is 3. The first-order valence-corrected chi connectivity index (χ1v) is 7.38. The zero-order chi connectivity index (χ0) is 21.1. The molecule has 3 aromatic heterocycles. The van der Waals surface area contributed by atoms with Crippen LogP contribution in [-0.4, -0.2) is 48.5 Å². The molecule has 0 saturated carbocycles. The van der Waals surface area contributed by atoms with Gasteiger partial charge < -0.3 is 16.2 Å². The van der Waals surface area contributed by atoms with Crippen LogP contribution in [0.4, 0.5) is 18.9 Å². The van der Waals surface area contributed by atoms with Crippen molar-refractivity contribution in [1.82, 2.24) is 19.4 Å². The molecule has 0 aliphatic heterocycles. The first-order valence-electron chi connectivity index (χ1n) is 7.38. The Morgan fingerprint density at radius 1 is 1.21 bits per heavy atom. The van der Waals surface area contributed by atoms with Crippen LogP contribution in [0, 0.1) is 0 Å². The Balaban J connectivity index is 0.000000345. The molecule has 0 bridgehead atoms. The summed E-state index contributed by atoms with van der Waals surface area (Å²) in [5.41, 5.74) is 6.65. The molecule has 13 heteroatoms. The SMILES string of the molecule is Cn1cc(NC(=O)c2ccc3cccnn23)c(C(N)=O)n1.O=C(O)C(F)(F)F. The molecule has 10 nitrogen and oxygen atoms in total. The quantitative estimate of drug-likeness (QED) is 0.601. The molecule has 0 radical (unpaired) electrons. The Morgan fingerprint density at radius 3 is 2.43 bits per heavy atom. The third-order valence-electron chi connectivity index (χ3n) is 3.21. The van der Waals surface area contributed by atoms with Gasteiger partial charge in [-0.05, 0) is 24.3 Å². The van der Waals surface area contributed by atoms with Crippen molar-refractivity contribution in [2.24, 2.45) is 12.8 Å². The summed E-state index contributed by atoms with van der Waals surface area (Å²) in [6.07, 6.45) is -1.98. The van der Waals surface area contributed by atoms with Crippen molar-refractivity contribution in [3.8, 4) is 0 Å². The fraction of sp³-hybridized carbons (Fsp3) is 0.133. The maximum atomic E-state index is 12.3. The number of nitrogens with one attached hydrogen (secondary N) is 1. The number of halogens is 3. The van der Waals surface area contributed by atoms with Gasteiger partial charge in [-0.3, -0.25) is 14.3 Å². The van der Waals surface area contributed by atoms with E-state index in [1.807, 2.05) is 6.07 Å². The van der Waals surface area contributed by atoms with Gasteiger partial charge in [0, 0.05) is 19.4 Å². The third-order valence-corrected chi connectivity index (χ3v) is 3.21. The van der Waals surface area contributed by atoms with E-state index in [-0.39, 0.29) is 11.4 Å². The highest BCUT2D eigenvalue weighted by atomic mass is 19.4. The van der Waals surface area contributed by atoms with E-state index in [2.05, 4.69) is 15.5 Å². The number of amides is 2. The molecule has 0 aliphatic carbocycles. The molecule has 3 aromatic rings. The maximum Gasteiger partial charge on any atom is 0.490 e. The largest absolute Gasteiger partial charge is 0.490 e. The molecule has 3 heterocycles. The number of nitrogens with two attached hydrogens (primary N) is 1. The predicted molar refractivity (Wildman–Crippen MR) is 88.6 cm³/mol. The van der Waals surface area contributed by atoms with Gasteiger partial charge in [0.15, 0.2) is 5.69 Å². The lowest BCUT2D eigenvalue weighted by Gasteiger charge is -2.03. The minimum atomic E-state index is -5.08. The lowest BCUT2D eigenvalue weighted by Crippen LogP contribution is -2.21. The van der Waals surface area contributed by atoms with Crippen LogP contribution in [0.5, 0.6) is 0 Å². The molecule has 0 atom stereocenters. The van der Waals surface area contributed by atoms with E-state index in [0.717, 1.165) is 5.52 Å². The van der Waals surface area contributed by atoms with E-state index in [0.29, 0.717) is 5.69 Å². The van der Waals surface area contributed by atoms with Crippen molar-refractivity contribution >= 4 is 29.0 Å². The number of anilines is 1. The molecule has 0 fully saturated rings. The fourth-order valence-electron chi connectivity index (χ4n) is 2.07. The van der Waals surface area contributed by atoms with Gasteiger partial charge >= 0.3 is 12.1 Å². The minimum absolute atomic E-state index is 0.0136. The van der Waals surface area contributed by atoms with Crippen LogP contribution < -0.4 is 11.1 Å². The van der Waals surface area contributed by atoms with Crippen LogP contribution in [0.2, 0.25) is 0 Å². The number of hydrogen-bond acceptors (Lipinski definition) is 5. The van der Waals surface area contributed by atoms with Crippen LogP contribution in [0.25, 0.3) is 5.52 Å². The average molecular weight is 398 g/mol. The zero-order valence-electron chi connectivity index (χ0n) is 14.1. The number of aryl methyl sites for hydroxylation is 1. The number of nitrogens with zero attached hydrogens (tertiary/aromatic N) is 4. The number of carbonyl (C=O) groups excluding carboxylic acids is 2. The van der Waals surface area contributed by atoms with E-state index in [1.54, 1.807) is 31.4 Å². The van der Waals surface area contributed by atoms with Crippen LogP contribution in [0.3, 0.4) is 0 Å². The van der Waals surface area contributed by atoms with E-state index in [9.17, 15) is 22.8 Å². The fourth-order valence-corrected chi connectivity index (χ4v) is 2.07. The van der Waals surface area contributed by atoms with Crippen LogP contribution in [0.1, 0.15) is 21.0 Å². The molecule has 148 valence electrons. The van der Waals surface area contributed by atoms with Crippen LogP contribution >= 0.6 is 0 Å². The maximum absolute atomic E-state index is 12.3. The minimum Gasteiger partial charge on any atom is -0.475 e. The second-order valence-electron chi connectivity index (χ2n) is 5.27. The standard InChI is InChI=1S/C13H12N6O2.C2HF3O2/c1-18-7-9(11(17-18)12(14)20)16-13(21)10-5-4-8-3-2-6-15-19(8)10;3-2(4,5)1(6)7/h2-7H,1H3,(H2,14,20)(H,16,21);(H,6,7). The molecule has 0 aromatic carbocycles. The predicted octanol–water partition coefficient (Wildman–Crippen LogP) is 1.05. The lowest BCUT2D eigenvalue weighted by molar-refractivity contribution is -0.192. The zero-order valence-corrected chi connectivity index (χ0v) is 14.1. The van der Waals surface area contributed by atoms with E-state index in [4.69, 9.17) is 15.6 Å². The van der Waals surface area contributed by atoms with Gasteiger partial charge in [-0.25, -0.2) is 9.31 Å². The van der Waals surface area contributed by atoms with E-state index in [1.165, 1.54) is 15.4 Å². The number of aliphatic carboxylic acids is 1. The highest BCUT2D eigenvalue weighted by molar-refractivity contribution is 6.07. The number of fused-ring (bicyclic) bond motifs is 1. The molecule has 28 heavy (non-hydrogen) atoms. The monoisotopic (exact) mass is 398 g/mol. The van der Waals surface area contributed by atoms with Gasteiger partial charge in [-0.1, -0.05) is 0 Å². The highest BCUT2D eigenvalue weighted by Gasteiger charge is 2.38. The number of primary amides is 1. The van der Waals surface area contributed by atoms with Crippen LogP contribution in [0.15, 0.2) is 36.7 Å². The second-order valence-corrected chi connectivity index (χ2v) is 5.27. The van der Waals surface area contributed by atoms with Crippen molar-refractivity contribution in [3.05, 3.63) is 48.0 Å². The highest BCUT2D eigenvalue weighted by Crippen LogP contribution is 2.15. The molecule has 0 spiro atoms. The van der Waals surface area contributed by atoms with Crippen molar-refractivity contribution < 1.29 is 32.7 Å². The topological polar surface area (TPSA) is 145 Å². The third kappa shape index (κ3) is 4.63. The van der Waals surface area contributed by atoms with E-state index < -0.39 is 24.0 Å². The molecule has 3 rings (SSSR count). The summed E-state index contributed by atoms with van der Waals surface area (Å²) >= 11 is 0. The Bertz CT molecular complexity index is 1040. The Labute approximate surface area is 154 Å². The van der Waals surface area contributed by atoms with Gasteiger partial charge in [-0.2, -0.15) is 23.4 Å². The average Bonchev–Trinajstić information content (AvgIpc) is 3.18. The Kier molecular flexibility index (Phi) is 5.67. The van der Waals surface area contributed by atoms with Crippen molar-refractivity contribution in [3.63, 3.8) is 0 Å². The smallest absolute Gasteiger partial charge is 0.475 e. The number of alkyl halides is 3. The van der Waals surface area contributed by atoms with Gasteiger partial charge in [-0.15, -0.1) is 0 Å². The number of hydrogen-bond donors (Lipinski definition) is 3. The molecule has 4 N–H and O–H groups in total. The van der Waals surface area contributed by atoms with E-state index >= 15 is 0 Å². The molecule has 0 saturated heterocycles. The Morgan fingerprint density at radius 2 is 1.86 bits per heavy atom. The second kappa shape index (κ2) is 7.77. The summed E-state index contributed by atoms with van der Waals surface area (Å²) in [6.45, 7) is 0. The first-order chi connectivity index (χ1) is 13.0. The number of carbonyl (C=O) groups is 3. The number of carboxylic acid groups (broad SMARTS) is 1. The molecule has 0 aliphatic rings. The summed E-state index contributed by atoms with van der Waals surface area (Å²) in [5.74, 6) is -3.86. The van der Waals surface area contributed by atoms with Crippen molar-refractivity contribution in [1.29, 1.82) is 0 Å². The molecular formula is C15H13F3N6O4. The molecular weight excluding hydrogens is 385 g/mol. The first kappa shape index (κ1) is 20.4. The number of carboxylic acids is 1. The lowest BCUT2D eigenvalue weighted by atomic mass is 10.3. The van der Waals surface area contributed by atoms with Crippen molar-refractivity contribution in [2.75, 3.05) is 5.32 Å². The summed E-state index contributed by atoms with van der Waals surface area (Å²) in [4.78, 5) is 32.5. The number of aromatic nitrogens is 4. The van der Waals surface area contributed by atoms with Gasteiger partial charge in [0.2, 0.25) is 0 Å². The van der Waals surface area contributed by atoms with Gasteiger partial charge in [0.1, 0.15) is 5.69 Å². The summed E-state index contributed by atoms with van der Waals surface area (Å²) < 4.78 is 34.7. The summed E-state index contributed by atoms with van der Waals surface area (Å²) in [7, 11) is 1.64. The molecule has 2 amide bonds. The normalized spacial score (nSPS) is 10.9. The molecule has 0 unspecified atom stereocenters. The van der Waals surface area contributed by atoms with Gasteiger partial charge in [0.05, 0.1) is 11.2 Å². The van der Waals surface area contributed by atoms with Gasteiger partial charge in [0.25, 0.3) is 11.8 Å². The summed E-state index contributed by atoms with van der Waals surface area (Å²) in [5, 5.41) is 17.8. The summed E-state index contributed by atoms with van der Waals surface area (Å²) in [6, 6.07) is 7.05. The van der Waals surface area contributed by atoms with Crippen LogP contribution in [-0.2, 0) is 11.8 Å². The Hall–Kier alpha value is -3.90.